The molecule has 1 aliphatic rings. The summed E-state index contributed by atoms with van der Waals surface area (Å²) in [4.78, 5) is 23.9. The van der Waals surface area contributed by atoms with Gasteiger partial charge >= 0.3 is 5.69 Å². The van der Waals surface area contributed by atoms with Gasteiger partial charge in [0.05, 0.1) is 18.4 Å². The van der Waals surface area contributed by atoms with E-state index >= 15 is 0 Å². The number of amides is 1. The number of H-pyrrole nitrogens is 1. The van der Waals surface area contributed by atoms with Crippen molar-refractivity contribution in [2.75, 3.05) is 18.9 Å². The number of aromatic amines is 1. The zero-order valence-corrected chi connectivity index (χ0v) is 15.5. The molecule has 8 heteroatoms. The number of aryl methyl sites for hydroxylation is 1. The minimum Gasteiger partial charge on any atom is -0.376 e. The number of aromatic nitrogens is 3. The lowest BCUT2D eigenvalue weighted by Crippen LogP contribution is -2.27. The maximum absolute atomic E-state index is 12.0. The number of rotatable bonds is 9. The van der Waals surface area contributed by atoms with Crippen molar-refractivity contribution in [3.63, 3.8) is 0 Å². The topological polar surface area (TPSA) is 89.0 Å². The van der Waals surface area contributed by atoms with E-state index < -0.39 is 0 Å². The number of nitrogens with zero attached hydrogens (tertiary/aromatic N) is 2. The van der Waals surface area contributed by atoms with Gasteiger partial charge in [-0.1, -0.05) is 42.1 Å². The molecule has 0 saturated carbocycles. The molecule has 1 atom stereocenters. The number of carbonyl (C=O) groups excluding carboxylic acids is 1. The van der Waals surface area contributed by atoms with Gasteiger partial charge in [-0.15, -0.1) is 5.10 Å². The van der Waals surface area contributed by atoms with Crippen molar-refractivity contribution in [3.05, 3.63) is 46.4 Å². The molecule has 1 aromatic carbocycles. The smallest absolute Gasteiger partial charge is 0.344 e. The van der Waals surface area contributed by atoms with Gasteiger partial charge in [-0.05, 0) is 31.2 Å². The second-order valence-corrected chi connectivity index (χ2v) is 7.23. The summed E-state index contributed by atoms with van der Waals surface area (Å²) in [5.74, 6) is 0.184. The van der Waals surface area contributed by atoms with Crippen molar-refractivity contribution in [2.24, 2.45) is 0 Å². The van der Waals surface area contributed by atoms with Crippen molar-refractivity contribution in [1.82, 2.24) is 20.1 Å². The van der Waals surface area contributed by atoms with Crippen molar-refractivity contribution >= 4 is 17.7 Å². The lowest BCUT2D eigenvalue weighted by Gasteiger charge is -2.11. The molecule has 3 rings (SSSR count). The van der Waals surface area contributed by atoms with Crippen molar-refractivity contribution < 1.29 is 9.53 Å². The van der Waals surface area contributed by atoms with Crippen LogP contribution in [0.2, 0.25) is 0 Å². The molecule has 2 aromatic rings. The average molecular weight is 376 g/mol. The predicted octanol–water partition coefficient (Wildman–Crippen LogP) is 1.59. The molecule has 0 radical (unpaired) electrons. The number of nitrogens with one attached hydrogen (secondary N) is 2. The van der Waals surface area contributed by atoms with Gasteiger partial charge in [-0.2, -0.15) is 0 Å². The first-order chi connectivity index (χ1) is 12.7. The third-order valence-electron chi connectivity index (χ3n) is 4.27. The molecule has 1 amide bonds. The van der Waals surface area contributed by atoms with Crippen LogP contribution < -0.4 is 11.0 Å². The van der Waals surface area contributed by atoms with Crippen LogP contribution in [0.15, 0.2) is 40.3 Å². The van der Waals surface area contributed by atoms with Crippen LogP contribution in [0.25, 0.3) is 0 Å². The predicted molar refractivity (Wildman–Crippen MR) is 100 cm³/mol. The average Bonchev–Trinajstić information content (AvgIpc) is 3.29. The monoisotopic (exact) mass is 376 g/mol. The van der Waals surface area contributed by atoms with E-state index in [1.165, 1.54) is 17.3 Å². The van der Waals surface area contributed by atoms with Gasteiger partial charge in [0.15, 0.2) is 5.16 Å². The molecule has 2 N–H and O–H groups in total. The molecular formula is C18H24N4O3S. The van der Waals surface area contributed by atoms with Crippen LogP contribution in [0.4, 0.5) is 0 Å². The van der Waals surface area contributed by atoms with E-state index in [1.807, 2.05) is 18.2 Å². The first-order valence-corrected chi connectivity index (χ1v) is 9.91. The summed E-state index contributed by atoms with van der Waals surface area (Å²) >= 11 is 1.27. The molecule has 0 aliphatic carbocycles. The summed E-state index contributed by atoms with van der Waals surface area (Å²) in [5, 5.41) is 9.92. The highest BCUT2D eigenvalue weighted by atomic mass is 32.2. The Morgan fingerprint density at radius 3 is 3.00 bits per heavy atom. The van der Waals surface area contributed by atoms with E-state index in [1.54, 1.807) is 4.57 Å². The molecule has 0 spiro atoms. The van der Waals surface area contributed by atoms with E-state index in [2.05, 4.69) is 27.6 Å². The SMILES string of the molecule is O=C(CSc1n[nH]c(=O)n1CC1CCCO1)NCCCc1ccccc1. The minimum atomic E-state index is -0.258. The summed E-state index contributed by atoms with van der Waals surface area (Å²) in [6.45, 7) is 1.86. The molecule has 1 aliphatic heterocycles. The fourth-order valence-electron chi connectivity index (χ4n) is 2.91. The molecule has 7 nitrogen and oxygen atoms in total. The number of benzene rings is 1. The summed E-state index contributed by atoms with van der Waals surface area (Å²) in [6.07, 6.45) is 3.85. The quantitative estimate of drug-likeness (QED) is 0.512. The van der Waals surface area contributed by atoms with E-state index in [4.69, 9.17) is 4.74 Å². The summed E-state index contributed by atoms with van der Waals surface area (Å²) < 4.78 is 7.13. The van der Waals surface area contributed by atoms with Crippen LogP contribution in [0.3, 0.4) is 0 Å². The van der Waals surface area contributed by atoms with Gasteiger partial charge in [0.25, 0.3) is 0 Å². The highest BCUT2D eigenvalue weighted by Crippen LogP contribution is 2.17. The first-order valence-electron chi connectivity index (χ1n) is 8.92. The first kappa shape index (κ1) is 18.7. The normalized spacial score (nSPS) is 16.7. The zero-order valence-electron chi connectivity index (χ0n) is 14.6. The van der Waals surface area contributed by atoms with E-state index in [-0.39, 0.29) is 23.5 Å². The van der Waals surface area contributed by atoms with Gasteiger partial charge in [0, 0.05) is 13.2 Å². The molecule has 1 fully saturated rings. The molecule has 0 bridgehead atoms. The van der Waals surface area contributed by atoms with Crippen LogP contribution in [0.1, 0.15) is 24.8 Å². The Balaban J connectivity index is 1.39. The molecule has 26 heavy (non-hydrogen) atoms. The Bertz CT molecular complexity index is 753. The number of ether oxygens (including phenoxy) is 1. The molecular weight excluding hydrogens is 352 g/mol. The molecule has 1 saturated heterocycles. The maximum Gasteiger partial charge on any atom is 0.344 e. The number of carbonyl (C=O) groups is 1. The fraction of sp³-hybridized carbons (Fsp3) is 0.500. The zero-order chi connectivity index (χ0) is 18.2. The van der Waals surface area contributed by atoms with Crippen LogP contribution >= 0.6 is 11.8 Å². The van der Waals surface area contributed by atoms with E-state index in [9.17, 15) is 9.59 Å². The van der Waals surface area contributed by atoms with Crippen molar-refractivity contribution in [1.29, 1.82) is 0 Å². The van der Waals surface area contributed by atoms with Gasteiger partial charge in [0.1, 0.15) is 0 Å². The lowest BCUT2D eigenvalue weighted by molar-refractivity contribution is -0.118. The highest BCUT2D eigenvalue weighted by Gasteiger charge is 2.20. The third kappa shape index (κ3) is 5.47. The lowest BCUT2D eigenvalue weighted by atomic mass is 10.1. The summed E-state index contributed by atoms with van der Waals surface area (Å²) in [7, 11) is 0. The molecule has 2 heterocycles. The Morgan fingerprint density at radius 1 is 1.38 bits per heavy atom. The van der Waals surface area contributed by atoms with Crippen LogP contribution in [-0.2, 0) is 22.5 Å². The molecule has 1 aromatic heterocycles. The van der Waals surface area contributed by atoms with E-state index in [0.29, 0.717) is 18.2 Å². The minimum absolute atomic E-state index is 0.0523. The highest BCUT2D eigenvalue weighted by molar-refractivity contribution is 7.99. The molecule has 1 unspecified atom stereocenters. The Morgan fingerprint density at radius 2 is 2.23 bits per heavy atom. The second kappa shape index (κ2) is 9.59. The van der Waals surface area contributed by atoms with Crippen molar-refractivity contribution in [3.8, 4) is 0 Å². The number of thioether (sulfide) groups is 1. The van der Waals surface area contributed by atoms with Crippen molar-refractivity contribution in [2.45, 2.75) is 43.5 Å². The second-order valence-electron chi connectivity index (χ2n) is 6.28. The Hall–Kier alpha value is -2.06. The van der Waals surface area contributed by atoms with Crippen LogP contribution in [-0.4, -0.2) is 45.7 Å². The summed E-state index contributed by atoms with van der Waals surface area (Å²) in [6, 6.07) is 10.2. The van der Waals surface area contributed by atoms with E-state index in [0.717, 1.165) is 32.3 Å². The van der Waals surface area contributed by atoms with Gasteiger partial charge in [0.2, 0.25) is 5.91 Å². The third-order valence-corrected chi connectivity index (χ3v) is 5.25. The van der Waals surface area contributed by atoms with Crippen LogP contribution in [0.5, 0.6) is 0 Å². The van der Waals surface area contributed by atoms with Crippen LogP contribution in [0, 0.1) is 0 Å². The maximum atomic E-state index is 12.0. The fourth-order valence-corrected chi connectivity index (χ4v) is 3.70. The van der Waals surface area contributed by atoms with Gasteiger partial charge < -0.3 is 10.1 Å². The number of hydrogen-bond acceptors (Lipinski definition) is 5. The Labute approximate surface area is 156 Å². The number of hydrogen-bond donors (Lipinski definition) is 2. The van der Waals surface area contributed by atoms with Gasteiger partial charge in [-0.25, -0.2) is 9.89 Å². The molecule has 140 valence electrons. The summed E-state index contributed by atoms with van der Waals surface area (Å²) in [5.41, 5.74) is 1.01. The standard InChI is InChI=1S/C18H24N4O3S/c23-16(19-10-4-8-14-6-2-1-3-7-14)13-26-18-21-20-17(24)22(18)12-15-9-5-11-25-15/h1-3,6-7,15H,4-5,8-13H2,(H,19,23)(H,20,24). The van der Waals surface area contributed by atoms with Gasteiger partial charge in [-0.3, -0.25) is 9.36 Å². The Kier molecular flexibility index (Phi) is 6.90. The largest absolute Gasteiger partial charge is 0.376 e.